The predicted molar refractivity (Wildman–Crippen MR) is 82.3 cm³/mol. The van der Waals surface area contributed by atoms with E-state index < -0.39 is 0 Å². The first-order valence-electron chi connectivity index (χ1n) is 5.58. The highest BCUT2D eigenvalue weighted by molar-refractivity contribution is 7.80. The third-order valence-corrected chi connectivity index (χ3v) is 2.41. The summed E-state index contributed by atoms with van der Waals surface area (Å²) >= 11 is 5.01. The molecule has 96 valence electrons. The van der Waals surface area contributed by atoms with Crippen LogP contribution in [0.4, 0.5) is 5.69 Å². The molecule has 0 atom stereocenters. The lowest BCUT2D eigenvalue weighted by Crippen LogP contribution is -2.31. The van der Waals surface area contributed by atoms with Crippen molar-refractivity contribution in [1.82, 2.24) is 10.7 Å². The van der Waals surface area contributed by atoms with Crippen molar-refractivity contribution in [3.63, 3.8) is 0 Å². The van der Waals surface area contributed by atoms with Crippen LogP contribution in [-0.2, 0) is 0 Å². The van der Waals surface area contributed by atoms with Crippen LogP contribution in [0.1, 0.15) is 5.56 Å². The van der Waals surface area contributed by atoms with Gasteiger partial charge in [0.05, 0.1) is 6.21 Å². The van der Waals surface area contributed by atoms with Crippen molar-refractivity contribution in [2.45, 2.75) is 0 Å². The molecule has 0 aliphatic heterocycles. The average molecular weight is 262 g/mol. The second kappa shape index (κ2) is 7.45. The minimum atomic E-state index is 0.481. The molecule has 0 heterocycles. The molecule has 1 rings (SSSR count). The van der Waals surface area contributed by atoms with Crippen LogP contribution in [0, 0.1) is 0 Å². The van der Waals surface area contributed by atoms with E-state index in [0.717, 1.165) is 11.3 Å². The van der Waals surface area contributed by atoms with Crippen LogP contribution >= 0.6 is 12.2 Å². The first-order valence-corrected chi connectivity index (χ1v) is 5.99. The number of anilines is 1. The Morgan fingerprint density at radius 3 is 2.94 bits per heavy atom. The predicted octanol–water partition coefficient (Wildman–Crippen LogP) is 1.74. The quantitative estimate of drug-likeness (QED) is 0.367. The van der Waals surface area contributed by atoms with Crippen LogP contribution in [-0.4, -0.2) is 32.0 Å². The molecule has 0 saturated heterocycles. The van der Waals surface area contributed by atoms with E-state index in [9.17, 15) is 0 Å². The molecule has 18 heavy (non-hydrogen) atoms. The monoisotopic (exact) mass is 262 g/mol. The zero-order valence-corrected chi connectivity index (χ0v) is 11.5. The minimum Gasteiger partial charge on any atom is -0.378 e. The third-order valence-electron chi connectivity index (χ3n) is 2.17. The maximum atomic E-state index is 5.01. The molecule has 0 fully saturated rings. The van der Waals surface area contributed by atoms with Gasteiger partial charge in [-0.15, -0.1) is 6.58 Å². The van der Waals surface area contributed by atoms with Crippen molar-refractivity contribution in [3.8, 4) is 0 Å². The molecule has 0 unspecified atom stereocenters. The highest BCUT2D eigenvalue weighted by atomic mass is 32.1. The SMILES string of the molecule is C=CCNC(=S)N/N=C\c1cccc(N(C)C)c1. The summed E-state index contributed by atoms with van der Waals surface area (Å²) in [6.07, 6.45) is 3.47. The van der Waals surface area contributed by atoms with Gasteiger partial charge in [-0.2, -0.15) is 5.10 Å². The van der Waals surface area contributed by atoms with Crippen molar-refractivity contribution in [2.24, 2.45) is 5.10 Å². The second-order valence-corrected chi connectivity index (χ2v) is 4.27. The molecule has 1 aromatic carbocycles. The molecule has 5 heteroatoms. The largest absolute Gasteiger partial charge is 0.378 e. The Hall–Kier alpha value is -1.88. The highest BCUT2D eigenvalue weighted by Gasteiger charge is 1.95. The van der Waals surface area contributed by atoms with Gasteiger partial charge in [-0.1, -0.05) is 18.2 Å². The number of nitrogens with zero attached hydrogens (tertiary/aromatic N) is 2. The van der Waals surface area contributed by atoms with E-state index in [-0.39, 0.29) is 0 Å². The van der Waals surface area contributed by atoms with Gasteiger partial charge in [0.25, 0.3) is 0 Å². The Labute approximate surface area is 113 Å². The Balaban J connectivity index is 2.53. The molecule has 0 radical (unpaired) electrons. The standard InChI is InChI=1S/C13H18N4S/c1-4-8-14-13(18)16-15-10-11-6-5-7-12(9-11)17(2)3/h4-7,9-10H,1,8H2,2-3H3,(H2,14,16,18)/b15-10-. The molecule has 0 aromatic heterocycles. The first kappa shape index (κ1) is 14.2. The highest BCUT2D eigenvalue weighted by Crippen LogP contribution is 2.11. The Kier molecular flexibility index (Phi) is 5.87. The Morgan fingerprint density at radius 1 is 1.50 bits per heavy atom. The summed E-state index contributed by atoms with van der Waals surface area (Å²) in [6.45, 7) is 4.22. The third kappa shape index (κ3) is 4.97. The van der Waals surface area contributed by atoms with Gasteiger partial charge in [0, 0.05) is 26.3 Å². The van der Waals surface area contributed by atoms with Crippen LogP contribution in [0.25, 0.3) is 0 Å². The lowest BCUT2D eigenvalue weighted by molar-refractivity contribution is 0.941. The zero-order valence-electron chi connectivity index (χ0n) is 10.7. The van der Waals surface area contributed by atoms with Crippen molar-refractivity contribution >= 4 is 29.2 Å². The van der Waals surface area contributed by atoms with E-state index in [2.05, 4.69) is 22.4 Å². The number of thiocarbonyl (C=S) groups is 1. The fourth-order valence-electron chi connectivity index (χ4n) is 1.25. The number of rotatable bonds is 5. The van der Waals surface area contributed by atoms with E-state index in [1.165, 1.54) is 0 Å². The van der Waals surface area contributed by atoms with Crippen molar-refractivity contribution in [3.05, 3.63) is 42.5 Å². The lowest BCUT2D eigenvalue weighted by Gasteiger charge is -2.12. The Morgan fingerprint density at radius 2 is 2.28 bits per heavy atom. The molecule has 0 aliphatic rings. The lowest BCUT2D eigenvalue weighted by atomic mass is 10.2. The minimum absolute atomic E-state index is 0.481. The summed E-state index contributed by atoms with van der Waals surface area (Å²) in [7, 11) is 4.01. The van der Waals surface area contributed by atoms with Crippen LogP contribution in [0.15, 0.2) is 42.0 Å². The van der Waals surface area contributed by atoms with E-state index in [4.69, 9.17) is 12.2 Å². The van der Waals surface area contributed by atoms with Crippen molar-refractivity contribution < 1.29 is 0 Å². The number of hydrogen-bond acceptors (Lipinski definition) is 3. The van der Waals surface area contributed by atoms with E-state index >= 15 is 0 Å². The Bertz CT molecular complexity index is 440. The zero-order chi connectivity index (χ0) is 13.4. The summed E-state index contributed by atoms with van der Waals surface area (Å²) in [4.78, 5) is 2.04. The first-order chi connectivity index (χ1) is 8.63. The molecule has 1 aromatic rings. The van der Waals surface area contributed by atoms with Gasteiger partial charge >= 0.3 is 0 Å². The van der Waals surface area contributed by atoms with Gasteiger partial charge in [-0.05, 0) is 29.9 Å². The van der Waals surface area contributed by atoms with Gasteiger partial charge in [0.15, 0.2) is 5.11 Å². The molecule has 0 saturated carbocycles. The molecular formula is C13H18N4S. The molecule has 2 N–H and O–H groups in total. The summed E-state index contributed by atoms with van der Waals surface area (Å²) in [5, 5.41) is 7.47. The van der Waals surface area contributed by atoms with Gasteiger partial charge in [-0.3, -0.25) is 5.43 Å². The van der Waals surface area contributed by atoms with E-state index in [1.807, 2.05) is 43.3 Å². The summed E-state index contributed by atoms with van der Waals surface area (Å²) in [6, 6.07) is 8.07. The fraction of sp³-hybridized carbons (Fsp3) is 0.231. The molecule has 0 amide bonds. The second-order valence-electron chi connectivity index (χ2n) is 3.86. The molecule has 0 bridgehead atoms. The van der Waals surface area contributed by atoms with Gasteiger partial charge in [0.1, 0.15) is 0 Å². The molecule has 0 aliphatic carbocycles. The number of hydrogen-bond donors (Lipinski definition) is 2. The van der Waals surface area contributed by atoms with Gasteiger partial charge in [-0.25, -0.2) is 0 Å². The number of nitrogens with one attached hydrogen (secondary N) is 2. The normalized spacial score (nSPS) is 10.1. The van der Waals surface area contributed by atoms with Crippen LogP contribution in [0.5, 0.6) is 0 Å². The number of hydrazone groups is 1. The van der Waals surface area contributed by atoms with Crippen LogP contribution in [0.3, 0.4) is 0 Å². The van der Waals surface area contributed by atoms with Gasteiger partial charge < -0.3 is 10.2 Å². The van der Waals surface area contributed by atoms with Crippen LogP contribution in [0.2, 0.25) is 0 Å². The summed E-state index contributed by atoms with van der Waals surface area (Å²) in [5.74, 6) is 0. The smallest absolute Gasteiger partial charge is 0.187 e. The van der Waals surface area contributed by atoms with Crippen molar-refractivity contribution in [2.75, 3.05) is 25.5 Å². The van der Waals surface area contributed by atoms with E-state index in [1.54, 1.807) is 12.3 Å². The topological polar surface area (TPSA) is 39.7 Å². The van der Waals surface area contributed by atoms with Gasteiger partial charge in [0.2, 0.25) is 0 Å². The maximum Gasteiger partial charge on any atom is 0.187 e. The average Bonchev–Trinajstić information content (AvgIpc) is 2.36. The molecular weight excluding hydrogens is 244 g/mol. The van der Waals surface area contributed by atoms with Crippen LogP contribution < -0.4 is 15.6 Å². The molecule has 4 nitrogen and oxygen atoms in total. The maximum absolute atomic E-state index is 5.01. The van der Waals surface area contributed by atoms with Crippen molar-refractivity contribution in [1.29, 1.82) is 0 Å². The molecule has 0 spiro atoms. The number of benzene rings is 1. The summed E-state index contributed by atoms with van der Waals surface area (Å²) < 4.78 is 0. The van der Waals surface area contributed by atoms with E-state index in [0.29, 0.717) is 11.7 Å². The summed E-state index contributed by atoms with van der Waals surface area (Å²) in [5.41, 5.74) is 4.89. The fourth-order valence-corrected chi connectivity index (χ4v) is 1.39.